The largest absolute Gasteiger partial charge is 0.381 e. The monoisotopic (exact) mass is 349 g/mol. The summed E-state index contributed by atoms with van der Waals surface area (Å²) >= 11 is 0. The van der Waals surface area contributed by atoms with Gasteiger partial charge in [0, 0.05) is 45.0 Å². The lowest BCUT2D eigenvalue weighted by atomic mass is 9.91. The average molecular weight is 349 g/mol. The van der Waals surface area contributed by atoms with Gasteiger partial charge in [-0.2, -0.15) is 0 Å². The van der Waals surface area contributed by atoms with Crippen molar-refractivity contribution in [3.05, 3.63) is 35.6 Å². The first kappa shape index (κ1) is 17.7. The summed E-state index contributed by atoms with van der Waals surface area (Å²) in [4.78, 5) is 25.9. The second-order valence-corrected chi connectivity index (χ2v) is 6.61. The summed E-state index contributed by atoms with van der Waals surface area (Å²) in [5, 5.41) is 5.54. The number of amides is 3. The molecule has 0 bridgehead atoms. The molecule has 136 valence electrons. The molecule has 0 aliphatic carbocycles. The highest BCUT2D eigenvalue weighted by molar-refractivity contribution is 5.94. The fourth-order valence-corrected chi connectivity index (χ4v) is 3.44. The minimum absolute atomic E-state index is 0.0857. The van der Waals surface area contributed by atoms with Gasteiger partial charge >= 0.3 is 6.03 Å². The Morgan fingerprint density at radius 2 is 1.88 bits per heavy atom. The van der Waals surface area contributed by atoms with Crippen LogP contribution in [0.15, 0.2) is 24.3 Å². The molecule has 3 amide bonds. The van der Waals surface area contributed by atoms with Gasteiger partial charge in [0.1, 0.15) is 5.82 Å². The first-order valence-corrected chi connectivity index (χ1v) is 8.78. The SMILES string of the molecule is O=C(NCCNC(=O)N1CC[C@@H]([C@@H]2CCOC2)C1)c1ccc(F)cc1. The maximum absolute atomic E-state index is 12.8. The van der Waals surface area contributed by atoms with Gasteiger partial charge in [-0.15, -0.1) is 0 Å². The molecule has 2 aliphatic rings. The fraction of sp³-hybridized carbons (Fsp3) is 0.556. The zero-order chi connectivity index (χ0) is 17.6. The predicted molar refractivity (Wildman–Crippen MR) is 90.7 cm³/mol. The van der Waals surface area contributed by atoms with E-state index in [2.05, 4.69) is 10.6 Å². The zero-order valence-corrected chi connectivity index (χ0v) is 14.2. The lowest BCUT2D eigenvalue weighted by Crippen LogP contribution is -2.42. The van der Waals surface area contributed by atoms with Crippen molar-refractivity contribution < 1.29 is 18.7 Å². The number of hydrogen-bond acceptors (Lipinski definition) is 3. The minimum atomic E-state index is -0.378. The van der Waals surface area contributed by atoms with Crippen LogP contribution in [0.25, 0.3) is 0 Å². The highest BCUT2D eigenvalue weighted by Crippen LogP contribution is 2.29. The van der Waals surface area contributed by atoms with Crippen molar-refractivity contribution in [2.45, 2.75) is 12.8 Å². The van der Waals surface area contributed by atoms with Crippen LogP contribution in [0.3, 0.4) is 0 Å². The van der Waals surface area contributed by atoms with Crippen LogP contribution in [0, 0.1) is 17.7 Å². The van der Waals surface area contributed by atoms with Crippen molar-refractivity contribution >= 4 is 11.9 Å². The van der Waals surface area contributed by atoms with Crippen molar-refractivity contribution in [3.8, 4) is 0 Å². The molecule has 2 saturated heterocycles. The molecule has 2 aliphatic heterocycles. The third-order valence-corrected chi connectivity index (χ3v) is 4.94. The van der Waals surface area contributed by atoms with Gasteiger partial charge in [0.15, 0.2) is 0 Å². The van der Waals surface area contributed by atoms with Gasteiger partial charge in [0.25, 0.3) is 5.91 Å². The Bertz CT molecular complexity index is 602. The molecule has 1 aromatic carbocycles. The van der Waals surface area contributed by atoms with Gasteiger partial charge in [0.2, 0.25) is 0 Å². The third-order valence-electron chi connectivity index (χ3n) is 4.94. The van der Waals surface area contributed by atoms with Gasteiger partial charge in [0.05, 0.1) is 0 Å². The lowest BCUT2D eigenvalue weighted by Gasteiger charge is -2.19. The Kier molecular flexibility index (Phi) is 5.86. The smallest absolute Gasteiger partial charge is 0.317 e. The number of urea groups is 1. The van der Waals surface area contributed by atoms with E-state index in [1.807, 2.05) is 4.90 Å². The second kappa shape index (κ2) is 8.29. The van der Waals surface area contributed by atoms with Crippen LogP contribution in [0.1, 0.15) is 23.2 Å². The highest BCUT2D eigenvalue weighted by atomic mass is 19.1. The van der Waals surface area contributed by atoms with Crippen molar-refractivity contribution in [1.82, 2.24) is 15.5 Å². The van der Waals surface area contributed by atoms with Crippen LogP contribution in [0.2, 0.25) is 0 Å². The molecule has 0 saturated carbocycles. The molecule has 0 radical (unpaired) electrons. The van der Waals surface area contributed by atoms with E-state index in [0.29, 0.717) is 30.5 Å². The molecular weight excluding hydrogens is 325 g/mol. The molecule has 7 heteroatoms. The topological polar surface area (TPSA) is 70.7 Å². The summed E-state index contributed by atoms with van der Waals surface area (Å²) in [5.41, 5.74) is 0.397. The van der Waals surface area contributed by atoms with Crippen LogP contribution in [-0.2, 0) is 4.74 Å². The third kappa shape index (κ3) is 4.69. The second-order valence-electron chi connectivity index (χ2n) is 6.61. The van der Waals surface area contributed by atoms with Crippen molar-refractivity contribution in [2.24, 2.45) is 11.8 Å². The summed E-state index contributed by atoms with van der Waals surface area (Å²) in [6, 6.07) is 5.27. The van der Waals surface area contributed by atoms with Gasteiger partial charge in [-0.25, -0.2) is 9.18 Å². The van der Waals surface area contributed by atoms with Crippen LogP contribution < -0.4 is 10.6 Å². The van der Waals surface area contributed by atoms with Crippen LogP contribution in [0.4, 0.5) is 9.18 Å². The molecule has 1 aromatic rings. The van der Waals surface area contributed by atoms with E-state index in [1.165, 1.54) is 24.3 Å². The maximum atomic E-state index is 12.8. The van der Waals surface area contributed by atoms with E-state index >= 15 is 0 Å². The van der Waals surface area contributed by atoms with Gasteiger partial charge in [-0.1, -0.05) is 0 Å². The number of ether oxygens (including phenoxy) is 1. The number of rotatable bonds is 5. The van der Waals surface area contributed by atoms with Crippen LogP contribution >= 0.6 is 0 Å². The average Bonchev–Trinajstić information content (AvgIpc) is 3.29. The fourth-order valence-electron chi connectivity index (χ4n) is 3.44. The van der Waals surface area contributed by atoms with Crippen molar-refractivity contribution in [3.63, 3.8) is 0 Å². The first-order valence-electron chi connectivity index (χ1n) is 8.78. The Morgan fingerprint density at radius 3 is 2.60 bits per heavy atom. The Morgan fingerprint density at radius 1 is 1.12 bits per heavy atom. The van der Waals surface area contributed by atoms with E-state index in [-0.39, 0.29) is 17.8 Å². The molecule has 3 rings (SSSR count). The summed E-state index contributed by atoms with van der Waals surface area (Å²) < 4.78 is 18.3. The minimum Gasteiger partial charge on any atom is -0.381 e. The first-order chi connectivity index (χ1) is 12.1. The summed E-state index contributed by atoms with van der Waals surface area (Å²) in [6.07, 6.45) is 2.12. The van der Waals surface area contributed by atoms with Crippen LogP contribution in [-0.4, -0.2) is 56.2 Å². The molecule has 2 heterocycles. The zero-order valence-electron chi connectivity index (χ0n) is 14.2. The van der Waals surface area contributed by atoms with E-state index < -0.39 is 0 Å². The van der Waals surface area contributed by atoms with Crippen molar-refractivity contribution in [1.29, 1.82) is 0 Å². The van der Waals surface area contributed by atoms with Gasteiger partial charge in [-0.05, 0) is 48.9 Å². The summed E-state index contributed by atoms with van der Waals surface area (Å²) in [7, 11) is 0. The maximum Gasteiger partial charge on any atom is 0.317 e. The summed E-state index contributed by atoms with van der Waals surface area (Å²) in [5.74, 6) is 0.452. The number of carbonyl (C=O) groups is 2. The standard InChI is InChI=1S/C18H24FN3O3/c19-16-3-1-13(2-4-16)17(23)20-7-8-21-18(24)22-9-5-14(11-22)15-6-10-25-12-15/h1-4,14-15H,5-12H2,(H,20,23)(H,21,24)/t14-,15-/m1/s1. The quantitative estimate of drug-likeness (QED) is 0.794. The molecule has 0 unspecified atom stereocenters. The van der Waals surface area contributed by atoms with Gasteiger partial charge < -0.3 is 20.3 Å². The molecule has 6 nitrogen and oxygen atoms in total. The number of halogens is 1. The number of likely N-dealkylation sites (tertiary alicyclic amines) is 1. The summed E-state index contributed by atoms with van der Waals surface area (Å²) in [6.45, 7) is 3.89. The van der Waals surface area contributed by atoms with Gasteiger partial charge in [-0.3, -0.25) is 4.79 Å². The molecule has 2 N–H and O–H groups in total. The molecular formula is C18H24FN3O3. The normalized spacial score (nSPS) is 22.8. The number of hydrogen-bond donors (Lipinski definition) is 2. The number of benzene rings is 1. The Labute approximate surface area is 146 Å². The molecule has 25 heavy (non-hydrogen) atoms. The number of nitrogens with one attached hydrogen (secondary N) is 2. The van der Waals surface area contributed by atoms with E-state index in [9.17, 15) is 14.0 Å². The molecule has 2 atom stereocenters. The lowest BCUT2D eigenvalue weighted by molar-refractivity contribution is 0.0953. The molecule has 2 fully saturated rings. The number of carbonyl (C=O) groups excluding carboxylic acids is 2. The molecule has 0 aromatic heterocycles. The predicted octanol–water partition coefficient (Wildman–Crippen LogP) is 1.62. The highest BCUT2D eigenvalue weighted by Gasteiger charge is 2.33. The van der Waals surface area contributed by atoms with E-state index in [4.69, 9.17) is 4.74 Å². The van der Waals surface area contributed by atoms with E-state index in [0.717, 1.165) is 39.1 Å². The Hall–Kier alpha value is -2.15. The van der Waals surface area contributed by atoms with Crippen molar-refractivity contribution in [2.75, 3.05) is 39.4 Å². The number of nitrogens with zero attached hydrogens (tertiary/aromatic N) is 1. The molecule has 0 spiro atoms. The van der Waals surface area contributed by atoms with Crippen LogP contribution in [0.5, 0.6) is 0 Å². The Balaban J connectivity index is 1.34. The van der Waals surface area contributed by atoms with E-state index in [1.54, 1.807) is 0 Å².